The number of carbonyl (C=O) groups is 1. The van der Waals surface area contributed by atoms with Crippen LogP contribution in [0.2, 0.25) is 5.02 Å². The van der Waals surface area contributed by atoms with E-state index in [9.17, 15) is 4.79 Å². The van der Waals surface area contributed by atoms with Crippen molar-refractivity contribution in [3.63, 3.8) is 0 Å². The van der Waals surface area contributed by atoms with Crippen LogP contribution in [0.1, 0.15) is 41.1 Å². The first-order valence-electron chi connectivity index (χ1n) is 7.88. The van der Waals surface area contributed by atoms with Crippen LogP contribution in [-0.4, -0.2) is 29.1 Å². The smallest absolute Gasteiger partial charge is 0.253 e. The maximum atomic E-state index is 12.6. The van der Waals surface area contributed by atoms with Gasteiger partial charge < -0.3 is 14.7 Å². The molecule has 0 unspecified atom stereocenters. The molecule has 0 spiro atoms. The number of hydrogen-bond donors (Lipinski definition) is 1. The van der Waals surface area contributed by atoms with Gasteiger partial charge in [-0.2, -0.15) is 0 Å². The molecule has 2 heterocycles. The molecular weight excluding hydrogens is 314 g/mol. The normalized spacial score (nSPS) is 14.8. The molecular formula is C17H20ClN3O2. The van der Waals surface area contributed by atoms with Crippen LogP contribution >= 0.6 is 11.6 Å². The minimum atomic E-state index is 0.0710. The van der Waals surface area contributed by atoms with Gasteiger partial charge in [-0.25, -0.2) is 0 Å². The summed E-state index contributed by atoms with van der Waals surface area (Å²) in [5.74, 6) is 0.837. The first-order valence-corrected chi connectivity index (χ1v) is 8.26. The fraction of sp³-hybridized carbons (Fsp3) is 0.412. The van der Waals surface area contributed by atoms with E-state index in [-0.39, 0.29) is 5.91 Å². The van der Waals surface area contributed by atoms with Crippen molar-refractivity contribution in [2.75, 3.05) is 18.4 Å². The third-order valence-corrected chi connectivity index (χ3v) is 4.32. The second-order valence-electron chi connectivity index (χ2n) is 5.83. The maximum Gasteiger partial charge on any atom is 0.253 e. The number of hydrogen-bond acceptors (Lipinski definition) is 4. The highest BCUT2D eigenvalue weighted by Gasteiger charge is 2.19. The Bertz CT molecular complexity index is 693. The van der Waals surface area contributed by atoms with Gasteiger partial charge in [0.25, 0.3) is 5.91 Å². The number of halogens is 1. The van der Waals surface area contributed by atoms with Gasteiger partial charge in [0.2, 0.25) is 0 Å². The van der Waals surface area contributed by atoms with Crippen molar-refractivity contribution in [1.82, 2.24) is 10.1 Å². The van der Waals surface area contributed by atoms with E-state index in [1.165, 1.54) is 6.42 Å². The van der Waals surface area contributed by atoms with Crippen molar-refractivity contribution in [2.45, 2.75) is 32.7 Å². The number of nitrogens with one attached hydrogen (secondary N) is 1. The summed E-state index contributed by atoms with van der Waals surface area (Å²) < 4.78 is 5.04. The zero-order valence-corrected chi connectivity index (χ0v) is 13.9. The second kappa shape index (κ2) is 7.04. The summed E-state index contributed by atoms with van der Waals surface area (Å²) in [5.41, 5.74) is 2.19. The molecule has 1 aliphatic rings. The first kappa shape index (κ1) is 15.9. The fourth-order valence-corrected chi connectivity index (χ4v) is 2.94. The molecule has 6 heteroatoms. The van der Waals surface area contributed by atoms with Crippen LogP contribution in [0.3, 0.4) is 0 Å². The summed E-state index contributed by atoms with van der Waals surface area (Å²) >= 11 is 6.23. The average molecular weight is 334 g/mol. The molecule has 0 atom stereocenters. The SMILES string of the molecule is Cc1cc(CNc2cc(C(=O)N3CCCCC3)ccc2Cl)no1. The van der Waals surface area contributed by atoms with E-state index in [1.807, 2.05) is 24.0 Å². The summed E-state index contributed by atoms with van der Waals surface area (Å²) in [5, 5.41) is 7.74. The van der Waals surface area contributed by atoms with E-state index < -0.39 is 0 Å². The molecule has 1 aromatic heterocycles. The average Bonchev–Trinajstić information content (AvgIpc) is 3.00. The molecule has 122 valence electrons. The molecule has 0 saturated carbocycles. The van der Waals surface area contributed by atoms with Crippen LogP contribution in [0.4, 0.5) is 5.69 Å². The third-order valence-electron chi connectivity index (χ3n) is 3.99. The Kier molecular flexibility index (Phi) is 4.86. The molecule has 1 N–H and O–H groups in total. The second-order valence-corrected chi connectivity index (χ2v) is 6.24. The van der Waals surface area contributed by atoms with Gasteiger partial charge in [0.05, 0.1) is 17.3 Å². The number of likely N-dealkylation sites (tertiary alicyclic amines) is 1. The van der Waals surface area contributed by atoms with Gasteiger partial charge in [-0.05, 0) is 44.4 Å². The monoisotopic (exact) mass is 333 g/mol. The Morgan fingerprint density at radius 2 is 2.09 bits per heavy atom. The molecule has 5 nitrogen and oxygen atoms in total. The Morgan fingerprint density at radius 3 is 2.78 bits per heavy atom. The Morgan fingerprint density at radius 1 is 1.30 bits per heavy atom. The summed E-state index contributed by atoms with van der Waals surface area (Å²) in [6.45, 7) is 4.02. The Balaban J connectivity index is 1.71. The molecule has 1 aliphatic heterocycles. The van der Waals surface area contributed by atoms with E-state index in [2.05, 4.69) is 10.5 Å². The van der Waals surface area contributed by atoms with Gasteiger partial charge in [0.15, 0.2) is 0 Å². The number of carbonyl (C=O) groups excluding carboxylic acids is 1. The standard InChI is InChI=1S/C17H20ClN3O2/c1-12-9-14(20-23-12)11-19-16-10-13(5-6-15(16)18)17(22)21-7-3-2-4-8-21/h5-6,9-10,19H,2-4,7-8,11H2,1H3. The number of nitrogens with zero attached hydrogens (tertiary/aromatic N) is 2. The molecule has 23 heavy (non-hydrogen) atoms. The van der Waals surface area contributed by atoms with Crippen molar-refractivity contribution in [1.29, 1.82) is 0 Å². The number of amides is 1. The molecule has 0 bridgehead atoms. The highest BCUT2D eigenvalue weighted by Crippen LogP contribution is 2.25. The van der Waals surface area contributed by atoms with E-state index in [4.69, 9.17) is 16.1 Å². The van der Waals surface area contributed by atoms with Gasteiger partial charge in [-0.3, -0.25) is 4.79 Å². The zero-order valence-electron chi connectivity index (χ0n) is 13.1. The minimum Gasteiger partial charge on any atom is -0.378 e. The highest BCUT2D eigenvalue weighted by molar-refractivity contribution is 6.33. The number of rotatable bonds is 4. The van der Waals surface area contributed by atoms with E-state index in [0.29, 0.717) is 17.1 Å². The lowest BCUT2D eigenvalue weighted by Gasteiger charge is -2.27. The van der Waals surface area contributed by atoms with Gasteiger partial charge in [0.1, 0.15) is 11.5 Å². The van der Waals surface area contributed by atoms with Crippen LogP contribution in [0.15, 0.2) is 28.8 Å². The fourth-order valence-electron chi connectivity index (χ4n) is 2.76. The Labute approximate surface area is 140 Å². The number of aryl methyl sites for hydroxylation is 1. The largest absolute Gasteiger partial charge is 0.378 e. The van der Waals surface area contributed by atoms with Crippen LogP contribution in [0.25, 0.3) is 0 Å². The quantitative estimate of drug-likeness (QED) is 0.922. The summed E-state index contributed by atoms with van der Waals surface area (Å²) in [4.78, 5) is 14.5. The molecule has 1 saturated heterocycles. The number of piperidine rings is 1. The highest BCUT2D eigenvalue weighted by atomic mass is 35.5. The molecule has 2 aromatic rings. The predicted octanol–water partition coefficient (Wildman–Crippen LogP) is 3.87. The van der Waals surface area contributed by atoms with Gasteiger partial charge >= 0.3 is 0 Å². The zero-order chi connectivity index (χ0) is 16.2. The molecule has 3 rings (SSSR count). The van der Waals surface area contributed by atoms with Gasteiger partial charge in [-0.15, -0.1) is 0 Å². The topological polar surface area (TPSA) is 58.4 Å². The summed E-state index contributed by atoms with van der Waals surface area (Å²) in [7, 11) is 0. The third kappa shape index (κ3) is 3.85. The van der Waals surface area contributed by atoms with Crippen LogP contribution < -0.4 is 5.32 Å². The van der Waals surface area contributed by atoms with Crippen molar-refractivity contribution in [3.05, 3.63) is 46.3 Å². The summed E-state index contributed by atoms with van der Waals surface area (Å²) in [6.07, 6.45) is 3.36. The van der Waals surface area contributed by atoms with Crippen LogP contribution in [0, 0.1) is 6.92 Å². The number of aromatic nitrogens is 1. The molecule has 1 fully saturated rings. The Hall–Kier alpha value is -2.01. The predicted molar refractivity (Wildman–Crippen MR) is 89.8 cm³/mol. The maximum absolute atomic E-state index is 12.6. The molecule has 0 radical (unpaired) electrons. The van der Waals surface area contributed by atoms with Crippen molar-refractivity contribution in [2.24, 2.45) is 0 Å². The number of anilines is 1. The van der Waals surface area contributed by atoms with Gasteiger partial charge in [-0.1, -0.05) is 16.8 Å². The summed E-state index contributed by atoms with van der Waals surface area (Å²) in [6, 6.07) is 7.22. The van der Waals surface area contributed by atoms with E-state index in [1.54, 1.807) is 12.1 Å². The van der Waals surface area contributed by atoms with E-state index >= 15 is 0 Å². The lowest BCUT2D eigenvalue weighted by molar-refractivity contribution is 0.0724. The van der Waals surface area contributed by atoms with Crippen molar-refractivity contribution in [3.8, 4) is 0 Å². The van der Waals surface area contributed by atoms with Gasteiger partial charge in [0, 0.05) is 24.7 Å². The minimum absolute atomic E-state index is 0.0710. The molecule has 1 aromatic carbocycles. The molecule has 0 aliphatic carbocycles. The first-order chi connectivity index (χ1) is 11.1. The number of benzene rings is 1. The molecule has 1 amide bonds. The lowest BCUT2D eigenvalue weighted by Crippen LogP contribution is -2.35. The lowest BCUT2D eigenvalue weighted by atomic mass is 10.1. The van der Waals surface area contributed by atoms with Crippen molar-refractivity contribution >= 4 is 23.2 Å². The van der Waals surface area contributed by atoms with Crippen LogP contribution in [0.5, 0.6) is 0 Å². The van der Waals surface area contributed by atoms with E-state index in [0.717, 1.165) is 43.1 Å². The van der Waals surface area contributed by atoms with Crippen molar-refractivity contribution < 1.29 is 9.32 Å². The van der Waals surface area contributed by atoms with Crippen LogP contribution in [-0.2, 0) is 6.54 Å².